The lowest BCUT2D eigenvalue weighted by Gasteiger charge is -2.43. The number of amides is 1. The second kappa shape index (κ2) is 8.05. The molecule has 3 heterocycles. The Labute approximate surface area is 174 Å². The molecule has 0 aliphatic carbocycles. The lowest BCUT2D eigenvalue weighted by molar-refractivity contribution is 0.0713. The summed E-state index contributed by atoms with van der Waals surface area (Å²) in [6.45, 7) is 11.8. The molecule has 1 aromatic rings. The van der Waals surface area contributed by atoms with Gasteiger partial charge in [-0.25, -0.2) is 4.79 Å². The van der Waals surface area contributed by atoms with Crippen molar-refractivity contribution >= 4 is 11.8 Å². The quantitative estimate of drug-likeness (QED) is 0.829. The number of fused-ring (bicyclic) bond motifs is 2. The van der Waals surface area contributed by atoms with Crippen LogP contribution in [-0.2, 0) is 0 Å². The summed E-state index contributed by atoms with van der Waals surface area (Å²) in [4.78, 5) is 18.1. The van der Waals surface area contributed by atoms with Gasteiger partial charge in [-0.2, -0.15) is 0 Å². The molecule has 6 heteroatoms. The highest BCUT2D eigenvalue weighted by atomic mass is 16.5. The van der Waals surface area contributed by atoms with Gasteiger partial charge in [0.15, 0.2) is 0 Å². The number of hydrogen-bond acceptors (Lipinski definition) is 4. The van der Waals surface area contributed by atoms with E-state index >= 15 is 0 Å². The van der Waals surface area contributed by atoms with E-state index in [-0.39, 0.29) is 17.6 Å². The van der Waals surface area contributed by atoms with Gasteiger partial charge < -0.3 is 19.6 Å². The molecule has 1 N–H and O–H groups in total. The van der Waals surface area contributed by atoms with Crippen molar-refractivity contribution < 1.29 is 14.6 Å². The van der Waals surface area contributed by atoms with Crippen LogP contribution in [0.5, 0.6) is 5.75 Å². The predicted octanol–water partition coefficient (Wildman–Crippen LogP) is 3.91. The Bertz CT molecular complexity index is 693. The molecular weight excluding hydrogens is 366 g/mol. The summed E-state index contributed by atoms with van der Waals surface area (Å²) in [5.74, 6) is 1.36. The summed E-state index contributed by atoms with van der Waals surface area (Å²) in [7, 11) is 0. The van der Waals surface area contributed by atoms with Gasteiger partial charge in [-0.15, -0.1) is 0 Å². The van der Waals surface area contributed by atoms with Crippen LogP contribution in [0.15, 0.2) is 24.3 Å². The Kier molecular flexibility index (Phi) is 5.65. The normalized spacial score (nSPS) is 27.9. The molecule has 0 spiro atoms. The van der Waals surface area contributed by atoms with E-state index in [1.54, 1.807) is 4.90 Å². The van der Waals surface area contributed by atoms with Gasteiger partial charge in [0, 0.05) is 49.5 Å². The van der Waals surface area contributed by atoms with E-state index in [1.165, 1.54) is 5.69 Å². The van der Waals surface area contributed by atoms with Crippen molar-refractivity contribution in [3.63, 3.8) is 0 Å². The molecular formula is C23H35N3O3. The minimum absolute atomic E-state index is 0.189. The number of rotatable bonds is 4. The molecule has 0 aromatic heterocycles. The third-order valence-corrected chi connectivity index (χ3v) is 6.97. The van der Waals surface area contributed by atoms with Crippen molar-refractivity contribution in [3.8, 4) is 5.75 Å². The zero-order valence-electron chi connectivity index (χ0n) is 18.0. The molecule has 2 bridgehead atoms. The highest BCUT2D eigenvalue weighted by molar-refractivity contribution is 5.66. The smallest absolute Gasteiger partial charge is 0.407 e. The second-order valence-corrected chi connectivity index (χ2v) is 9.86. The average Bonchev–Trinajstić information content (AvgIpc) is 2.97. The Morgan fingerprint density at radius 1 is 1.03 bits per heavy atom. The van der Waals surface area contributed by atoms with Gasteiger partial charge >= 0.3 is 6.09 Å². The molecule has 3 atom stereocenters. The summed E-state index contributed by atoms with van der Waals surface area (Å²) < 4.78 is 6.08. The molecule has 0 unspecified atom stereocenters. The summed E-state index contributed by atoms with van der Waals surface area (Å²) in [6.07, 6.45) is 3.11. The number of piperazine rings is 1. The largest absolute Gasteiger partial charge is 0.493 e. The second-order valence-electron chi connectivity index (χ2n) is 9.86. The first kappa shape index (κ1) is 20.3. The van der Waals surface area contributed by atoms with E-state index in [0.717, 1.165) is 57.6 Å². The summed E-state index contributed by atoms with van der Waals surface area (Å²) >= 11 is 0. The van der Waals surface area contributed by atoms with Crippen molar-refractivity contribution in [2.24, 2.45) is 5.92 Å². The van der Waals surface area contributed by atoms with Crippen LogP contribution in [0.2, 0.25) is 0 Å². The molecule has 29 heavy (non-hydrogen) atoms. The maximum Gasteiger partial charge on any atom is 0.407 e. The number of hydrogen-bond donors (Lipinski definition) is 1. The molecule has 0 saturated carbocycles. The van der Waals surface area contributed by atoms with Crippen LogP contribution in [0.1, 0.15) is 46.5 Å². The molecule has 160 valence electrons. The van der Waals surface area contributed by atoms with Crippen molar-refractivity contribution in [2.45, 2.75) is 64.1 Å². The lowest BCUT2D eigenvalue weighted by atomic mass is 9.92. The molecule has 6 nitrogen and oxygen atoms in total. The van der Waals surface area contributed by atoms with E-state index in [0.29, 0.717) is 12.5 Å². The van der Waals surface area contributed by atoms with Gasteiger partial charge in [0.2, 0.25) is 0 Å². The van der Waals surface area contributed by atoms with Crippen molar-refractivity contribution in [1.29, 1.82) is 0 Å². The molecule has 3 saturated heterocycles. The van der Waals surface area contributed by atoms with E-state index in [2.05, 4.69) is 54.8 Å². The van der Waals surface area contributed by atoms with Crippen LogP contribution < -0.4 is 9.64 Å². The number of benzene rings is 1. The summed E-state index contributed by atoms with van der Waals surface area (Å²) in [6, 6.07) is 8.86. The van der Waals surface area contributed by atoms with Crippen LogP contribution in [-0.4, -0.2) is 71.4 Å². The average molecular weight is 402 g/mol. The Balaban J connectivity index is 1.26. The maximum absolute atomic E-state index is 11.4. The van der Waals surface area contributed by atoms with E-state index in [4.69, 9.17) is 4.74 Å². The van der Waals surface area contributed by atoms with Gasteiger partial charge in [-0.1, -0.05) is 0 Å². The predicted molar refractivity (Wildman–Crippen MR) is 115 cm³/mol. The van der Waals surface area contributed by atoms with Crippen molar-refractivity contribution in [1.82, 2.24) is 9.80 Å². The maximum atomic E-state index is 11.4. The molecule has 3 aliphatic heterocycles. The minimum atomic E-state index is -0.754. The van der Waals surface area contributed by atoms with Gasteiger partial charge in [-0.3, -0.25) is 4.90 Å². The monoisotopic (exact) mass is 401 g/mol. The molecule has 3 aliphatic rings. The first-order chi connectivity index (χ1) is 13.8. The van der Waals surface area contributed by atoms with Crippen LogP contribution in [0.4, 0.5) is 10.5 Å². The molecule has 4 rings (SSSR count). The summed E-state index contributed by atoms with van der Waals surface area (Å²) in [5, 5.41) is 9.39. The fraction of sp³-hybridized carbons (Fsp3) is 0.696. The van der Waals surface area contributed by atoms with Gasteiger partial charge in [0.25, 0.3) is 0 Å². The third kappa shape index (κ3) is 4.47. The zero-order valence-corrected chi connectivity index (χ0v) is 18.0. The number of nitrogens with zero attached hydrogens (tertiary/aromatic N) is 3. The third-order valence-electron chi connectivity index (χ3n) is 6.97. The number of ether oxygens (including phenoxy) is 1. The number of anilines is 1. The topological polar surface area (TPSA) is 56.2 Å². The van der Waals surface area contributed by atoms with Crippen molar-refractivity contribution in [2.75, 3.05) is 37.7 Å². The molecule has 3 fully saturated rings. The molecule has 1 aromatic carbocycles. The Morgan fingerprint density at radius 2 is 1.62 bits per heavy atom. The standard InChI is InChI=1S/C23H35N3O3/c1-23(2,3)25-12-10-24(11-13-25)18-6-8-21(9-7-18)29-16-17-14-19-4-5-20(15-17)26(19)22(27)28/h6-9,17,19-20H,4-5,10-16H2,1-3H3,(H,27,28)/t17-,19+,20-. The van der Waals surface area contributed by atoms with Crippen molar-refractivity contribution in [3.05, 3.63) is 24.3 Å². The molecule has 0 radical (unpaired) electrons. The van der Waals surface area contributed by atoms with Gasteiger partial charge in [0.1, 0.15) is 5.75 Å². The zero-order chi connectivity index (χ0) is 20.6. The van der Waals surface area contributed by atoms with Gasteiger partial charge in [-0.05, 0) is 76.6 Å². The number of carboxylic acid groups (broad SMARTS) is 1. The van der Waals surface area contributed by atoms with E-state index in [1.807, 2.05) is 0 Å². The SMILES string of the molecule is CC(C)(C)N1CCN(c2ccc(OC[C@H]3C[C@H]4CC[C@@H](C3)N4C(=O)O)cc2)CC1. The minimum Gasteiger partial charge on any atom is -0.493 e. The van der Waals surface area contributed by atoms with Crippen LogP contribution in [0.25, 0.3) is 0 Å². The first-order valence-electron chi connectivity index (χ1n) is 11.1. The summed E-state index contributed by atoms with van der Waals surface area (Å²) in [5.41, 5.74) is 1.50. The highest BCUT2D eigenvalue weighted by Crippen LogP contribution is 2.39. The number of carbonyl (C=O) groups is 1. The number of piperidine rings is 1. The van der Waals surface area contributed by atoms with Crippen LogP contribution >= 0.6 is 0 Å². The fourth-order valence-electron chi connectivity index (χ4n) is 5.34. The fourth-order valence-corrected chi connectivity index (χ4v) is 5.34. The van der Waals surface area contributed by atoms with E-state index in [9.17, 15) is 9.90 Å². The lowest BCUT2D eigenvalue weighted by Crippen LogP contribution is -2.53. The molecule has 1 amide bonds. The first-order valence-corrected chi connectivity index (χ1v) is 11.1. The van der Waals surface area contributed by atoms with E-state index < -0.39 is 6.09 Å². The van der Waals surface area contributed by atoms with Crippen LogP contribution in [0.3, 0.4) is 0 Å². The van der Waals surface area contributed by atoms with Crippen LogP contribution in [0, 0.1) is 5.92 Å². The Morgan fingerprint density at radius 3 is 2.14 bits per heavy atom. The van der Waals surface area contributed by atoms with Gasteiger partial charge in [0.05, 0.1) is 6.61 Å². The highest BCUT2D eigenvalue weighted by Gasteiger charge is 2.43. The Hall–Kier alpha value is -1.95.